The van der Waals surface area contributed by atoms with Crippen molar-refractivity contribution in [3.05, 3.63) is 48.0 Å². The van der Waals surface area contributed by atoms with E-state index in [0.29, 0.717) is 18.6 Å². The van der Waals surface area contributed by atoms with Gasteiger partial charge in [-0.1, -0.05) is 36.6 Å². The van der Waals surface area contributed by atoms with Crippen molar-refractivity contribution in [2.75, 3.05) is 20.8 Å². The van der Waals surface area contributed by atoms with Crippen LogP contribution in [0.1, 0.15) is 18.9 Å². The van der Waals surface area contributed by atoms with E-state index in [2.05, 4.69) is 18.4 Å². The molecule has 0 aliphatic carbocycles. The van der Waals surface area contributed by atoms with Gasteiger partial charge in [0.15, 0.2) is 6.29 Å². The second-order valence-electron chi connectivity index (χ2n) is 4.56. The van der Waals surface area contributed by atoms with Gasteiger partial charge in [-0.05, 0) is 19.1 Å². The molecular weight excluding hydrogens is 280 g/mol. The highest BCUT2D eigenvalue weighted by Crippen LogP contribution is 2.22. The molecule has 22 heavy (non-hydrogen) atoms. The molecule has 4 nitrogen and oxygen atoms in total. The molecule has 1 aromatic rings. The zero-order valence-electron chi connectivity index (χ0n) is 13.3. The highest BCUT2D eigenvalue weighted by Gasteiger charge is 2.28. The summed E-state index contributed by atoms with van der Waals surface area (Å²) in [5, 5.41) is 0. The lowest BCUT2D eigenvalue weighted by atomic mass is 9.96. The van der Waals surface area contributed by atoms with E-state index in [1.807, 2.05) is 30.3 Å². The Bertz CT molecular complexity index is 535. The summed E-state index contributed by atoms with van der Waals surface area (Å²) in [7, 11) is 3.04. The summed E-state index contributed by atoms with van der Waals surface area (Å²) in [4.78, 5) is 11.9. The Balaban J connectivity index is 2.85. The lowest BCUT2D eigenvalue weighted by molar-refractivity contribution is -0.147. The monoisotopic (exact) mass is 302 g/mol. The molecule has 0 bridgehead atoms. The van der Waals surface area contributed by atoms with Gasteiger partial charge in [-0.25, -0.2) is 4.79 Å². The third-order valence-corrected chi connectivity index (χ3v) is 3.11. The van der Waals surface area contributed by atoms with Gasteiger partial charge in [0, 0.05) is 31.8 Å². The Morgan fingerprint density at radius 2 is 1.86 bits per heavy atom. The van der Waals surface area contributed by atoms with E-state index >= 15 is 0 Å². The van der Waals surface area contributed by atoms with Crippen LogP contribution in [0.5, 0.6) is 0 Å². The molecule has 0 spiro atoms. The Morgan fingerprint density at radius 1 is 1.23 bits per heavy atom. The Labute approximate surface area is 132 Å². The van der Waals surface area contributed by atoms with Crippen molar-refractivity contribution in [2.45, 2.75) is 19.6 Å². The van der Waals surface area contributed by atoms with Gasteiger partial charge < -0.3 is 14.2 Å². The average molecular weight is 302 g/mol. The first-order valence-corrected chi connectivity index (χ1v) is 7.09. The molecule has 0 aliphatic rings. The van der Waals surface area contributed by atoms with Crippen molar-refractivity contribution in [1.82, 2.24) is 0 Å². The molecular formula is C18H22O4. The van der Waals surface area contributed by atoms with Crippen molar-refractivity contribution in [3.8, 4) is 11.8 Å². The second kappa shape index (κ2) is 9.78. The maximum Gasteiger partial charge on any atom is 0.333 e. The van der Waals surface area contributed by atoms with Gasteiger partial charge in [-0.3, -0.25) is 0 Å². The SMILES string of the molecule is C=C(C(=O)OCC)[C@H](CC#Cc1ccccc1)C(OC)OC. The van der Waals surface area contributed by atoms with Crippen molar-refractivity contribution >= 4 is 5.97 Å². The smallest absolute Gasteiger partial charge is 0.333 e. The van der Waals surface area contributed by atoms with Crippen LogP contribution < -0.4 is 0 Å². The van der Waals surface area contributed by atoms with Gasteiger partial charge in [-0.2, -0.15) is 0 Å². The van der Waals surface area contributed by atoms with Crippen molar-refractivity contribution in [2.24, 2.45) is 5.92 Å². The van der Waals surface area contributed by atoms with Gasteiger partial charge in [0.1, 0.15) is 0 Å². The van der Waals surface area contributed by atoms with Crippen LogP contribution in [0, 0.1) is 17.8 Å². The van der Waals surface area contributed by atoms with E-state index in [4.69, 9.17) is 14.2 Å². The minimum atomic E-state index is -0.595. The summed E-state index contributed by atoms with van der Waals surface area (Å²) < 4.78 is 15.5. The van der Waals surface area contributed by atoms with Crippen LogP contribution in [-0.2, 0) is 19.0 Å². The zero-order chi connectivity index (χ0) is 16.4. The molecule has 0 radical (unpaired) electrons. The Morgan fingerprint density at radius 3 is 2.41 bits per heavy atom. The highest BCUT2D eigenvalue weighted by molar-refractivity contribution is 5.88. The number of carbonyl (C=O) groups excluding carboxylic acids is 1. The molecule has 118 valence electrons. The molecule has 0 fully saturated rings. The molecule has 4 heteroatoms. The largest absolute Gasteiger partial charge is 0.463 e. The van der Waals surface area contributed by atoms with E-state index in [0.717, 1.165) is 5.56 Å². The predicted octanol–water partition coefficient (Wildman–Crippen LogP) is 2.78. The van der Waals surface area contributed by atoms with Crippen molar-refractivity contribution < 1.29 is 19.0 Å². The normalized spacial score (nSPS) is 11.5. The number of methoxy groups -OCH3 is 2. The van der Waals surface area contributed by atoms with E-state index < -0.39 is 12.3 Å². The first kappa shape index (κ1) is 18.0. The summed E-state index contributed by atoms with van der Waals surface area (Å²) in [5.74, 6) is 5.26. The van der Waals surface area contributed by atoms with E-state index in [9.17, 15) is 4.79 Å². The van der Waals surface area contributed by atoms with E-state index in [-0.39, 0.29) is 5.92 Å². The topological polar surface area (TPSA) is 44.8 Å². The second-order valence-corrected chi connectivity index (χ2v) is 4.56. The lowest BCUT2D eigenvalue weighted by Gasteiger charge is -2.23. The molecule has 0 amide bonds. The summed E-state index contributed by atoms with van der Waals surface area (Å²) in [6, 6.07) is 9.62. The Hall–Kier alpha value is -2.09. The fourth-order valence-corrected chi connectivity index (χ4v) is 1.97. The summed E-state index contributed by atoms with van der Waals surface area (Å²) >= 11 is 0. The van der Waals surface area contributed by atoms with Crippen LogP contribution in [0.15, 0.2) is 42.5 Å². The molecule has 0 aromatic heterocycles. The highest BCUT2D eigenvalue weighted by atomic mass is 16.7. The van der Waals surface area contributed by atoms with Crippen LogP contribution in [0.2, 0.25) is 0 Å². The minimum absolute atomic E-state index is 0.297. The summed E-state index contributed by atoms with van der Waals surface area (Å²) in [5.41, 5.74) is 1.22. The molecule has 0 N–H and O–H groups in total. The first-order chi connectivity index (χ1) is 10.6. The summed E-state index contributed by atoms with van der Waals surface area (Å²) in [6.07, 6.45) is -0.208. The molecule has 1 aromatic carbocycles. The van der Waals surface area contributed by atoms with Crippen LogP contribution in [-0.4, -0.2) is 33.1 Å². The van der Waals surface area contributed by atoms with Crippen molar-refractivity contribution in [3.63, 3.8) is 0 Å². The van der Waals surface area contributed by atoms with E-state index in [1.165, 1.54) is 14.2 Å². The number of esters is 1. The number of rotatable bonds is 7. The fraction of sp³-hybridized carbons (Fsp3) is 0.389. The molecule has 0 saturated heterocycles. The third-order valence-electron chi connectivity index (χ3n) is 3.11. The van der Waals surface area contributed by atoms with Gasteiger partial charge in [0.25, 0.3) is 0 Å². The van der Waals surface area contributed by atoms with Crippen LogP contribution >= 0.6 is 0 Å². The quantitative estimate of drug-likeness (QED) is 0.336. The molecule has 1 rings (SSSR count). The minimum Gasteiger partial charge on any atom is -0.463 e. The van der Waals surface area contributed by atoms with Crippen molar-refractivity contribution in [1.29, 1.82) is 0 Å². The van der Waals surface area contributed by atoms with Crippen LogP contribution in [0.25, 0.3) is 0 Å². The zero-order valence-corrected chi connectivity index (χ0v) is 13.3. The third kappa shape index (κ3) is 5.36. The maximum absolute atomic E-state index is 11.9. The molecule has 0 unspecified atom stereocenters. The van der Waals surface area contributed by atoms with Gasteiger partial charge in [-0.15, -0.1) is 0 Å². The van der Waals surface area contributed by atoms with Crippen LogP contribution in [0.4, 0.5) is 0 Å². The number of hydrogen-bond donors (Lipinski definition) is 0. The first-order valence-electron chi connectivity index (χ1n) is 7.09. The fourth-order valence-electron chi connectivity index (χ4n) is 1.97. The molecule has 0 heterocycles. The van der Waals surface area contributed by atoms with Gasteiger partial charge in [0.05, 0.1) is 12.5 Å². The molecule has 0 aliphatic heterocycles. The number of ether oxygens (including phenoxy) is 3. The Kier molecular flexibility index (Phi) is 7.98. The maximum atomic E-state index is 11.9. The van der Waals surface area contributed by atoms with E-state index in [1.54, 1.807) is 6.92 Å². The van der Waals surface area contributed by atoms with Gasteiger partial charge in [0.2, 0.25) is 0 Å². The average Bonchev–Trinajstić information content (AvgIpc) is 2.55. The number of benzene rings is 1. The molecule has 1 atom stereocenters. The molecule has 0 saturated carbocycles. The lowest BCUT2D eigenvalue weighted by Crippen LogP contribution is -2.29. The standard InChI is InChI=1S/C18H22O4/c1-5-22-17(19)14(2)16(18(20-3)21-4)13-9-12-15-10-7-6-8-11-15/h6-8,10-11,16,18H,2,5,13H2,1,3-4H3/t16-/m0/s1. The number of carbonyl (C=O) groups is 1. The predicted molar refractivity (Wildman–Crippen MR) is 85.0 cm³/mol. The summed E-state index contributed by atoms with van der Waals surface area (Å²) in [6.45, 7) is 5.86. The van der Waals surface area contributed by atoms with Crippen LogP contribution in [0.3, 0.4) is 0 Å². The van der Waals surface area contributed by atoms with Gasteiger partial charge >= 0.3 is 5.97 Å². The number of hydrogen-bond acceptors (Lipinski definition) is 4.